The smallest absolute Gasteiger partial charge is 0.183 e. The van der Waals surface area contributed by atoms with Gasteiger partial charge in [-0.15, -0.1) is 11.3 Å². The van der Waals surface area contributed by atoms with E-state index < -0.39 is 0 Å². The molecule has 0 aromatic carbocycles. The van der Waals surface area contributed by atoms with Gasteiger partial charge in [-0.2, -0.15) is 21.0 Å². The Morgan fingerprint density at radius 1 is 0.714 bits per heavy atom. The largest absolute Gasteiger partial charge is 0.491 e. The fraction of sp³-hybridized carbons (Fsp3) is 0.0769. The Balaban J connectivity index is 1.94. The number of nitrogens with zero attached hydrogens (tertiary/aromatic N) is 4. The first-order valence-corrected chi connectivity index (χ1v) is 10.7. The van der Waals surface area contributed by atoms with Gasteiger partial charge >= 0.3 is 0 Å². The van der Waals surface area contributed by atoms with Crippen LogP contribution < -0.4 is 9.47 Å². The number of methoxy groups -OCH3 is 2. The fourth-order valence-electron chi connectivity index (χ4n) is 2.90. The van der Waals surface area contributed by atoms with Crippen LogP contribution in [-0.2, 0) is 0 Å². The Hall–Kier alpha value is -5.22. The van der Waals surface area contributed by atoms with Gasteiger partial charge < -0.3 is 18.3 Å². The third-order valence-electron chi connectivity index (χ3n) is 4.46. The molecule has 0 fully saturated rings. The van der Waals surface area contributed by atoms with Gasteiger partial charge in [0.2, 0.25) is 0 Å². The predicted octanol–water partition coefficient (Wildman–Crippen LogP) is 6.26. The second kappa shape index (κ2) is 11.6. The molecule has 9 heteroatoms. The highest BCUT2D eigenvalue weighted by Gasteiger charge is 2.25. The van der Waals surface area contributed by atoms with E-state index in [-0.39, 0.29) is 11.1 Å². The molecule has 0 saturated heterocycles. The summed E-state index contributed by atoms with van der Waals surface area (Å²) in [4.78, 5) is 1.38. The van der Waals surface area contributed by atoms with Crippen molar-refractivity contribution in [1.82, 2.24) is 0 Å². The summed E-state index contributed by atoms with van der Waals surface area (Å²) in [6.45, 7) is 0. The Bertz CT molecular complexity index is 1370. The summed E-state index contributed by atoms with van der Waals surface area (Å²) in [5.41, 5.74) is -0.0248. The summed E-state index contributed by atoms with van der Waals surface area (Å²) >= 11 is 1.36. The molecule has 0 saturated carbocycles. The molecule has 0 spiro atoms. The van der Waals surface area contributed by atoms with Crippen molar-refractivity contribution in [2.75, 3.05) is 14.2 Å². The maximum Gasteiger partial charge on any atom is 0.183 e. The Morgan fingerprint density at radius 3 is 1.46 bits per heavy atom. The molecule has 0 radical (unpaired) electrons. The van der Waals surface area contributed by atoms with E-state index in [0.717, 1.165) is 0 Å². The lowest BCUT2D eigenvalue weighted by Gasteiger charge is -2.04. The van der Waals surface area contributed by atoms with Crippen LogP contribution in [0.5, 0.6) is 11.5 Å². The number of ether oxygens (including phenoxy) is 2. The molecule has 0 aliphatic heterocycles. The monoisotopic (exact) mass is 480 g/mol. The van der Waals surface area contributed by atoms with Crippen LogP contribution in [0.15, 0.2) is 68.6 Å². The SMILES string of the molecule is COc1c(-c2ccc(/C=C/C=C(C#N)C#N)o2)sc(-c2ccc(/C=C/C=C(C#N)C#N)o2)c1OC. The molecule has 0 unspecified atom stereocenters. The second-order valence-corrected chi connectivity index (χ2v) is 7.58. The van der Waals surface area contributed by atoms with Gasteiger partial charge in [0, 0.05) is 0 Å². The summed E-state index contributed by atoms with van der Waals surface area (Å²) in [5.74, 6) is 3.09. The van der Waals surface area contributed by atoms with E-state index in [2.05, 4.69) is 0 Å². The van der Waals surface area contributed by atoms with Crippen molar-refractivity contribution in [1.29, 1.82) is 21.0 Å². The zero-order valence-electron chi connectivity index (χ0n) is 18.6. The maximum absolute atomic E-state index is 8.81. The van der Waals surface area contributed by atoms with Crippen molar-refractivity contribution < 1.29 is 18.3 Å². The number of allylic oxidation sites excluding steroid dienone is 6. The van der Waals surface area contributed by atoms with Crippen LogP contribution in [-0.4, -0.2) is 14.2 Å². The molecule has 0 N–H and O–H groups in total. The first kappa shape index (κ1) is 24.4. The highest BCUT2D eigenvalue weighted by molar-refractivity contribution is 7.19. The van der Waals surface area contributed by atoms with E-state index in [0.29, 0.717) is 44.3 Å². The molecule has 0 aliphatic carbocycles. The van der Waals surface area contributed by atoms with Gasteiger partial charge in [0.25, 0.3) is 0 Å². The van der Waals surface area contributed by atoms with Crippen LogP contribution in [0.3, 0.4) is 0 Å². The average molecular weight is 481 g/mol. The van der Waals surface area contributed by atoms with Crippen LogP contribution in [0.2, 0.25) is 0 Å². The quantitative estimate of drug-likeness (QED) is 0.272. The van der Waals surface area contributed by atoms with Gasteiger partial charge in [-0.25, -0.2) is 0 Å². The standard InChI is InChI=1S/C26H16N4O4S/c1-31-23-24(32-2)26(22-12-10-20(34-22)8-4-6-18(15-29)16-30)35-25(23)21-11-9-19(33-21)7-3-5-17(13-27)14-28/h3-12H,1-2H3/b7-3+,8-4+. The number of furan rings is 2. The molecule has 3 heterocycles. The lowest BCUT2D eigenvalue weighted by atomic mass is 10.2. The molecule has 3 aromatic heterocycles. The summed E-state index contributed by atoms with van der Waals surface area (Å²) in [5, 5.41) is 35.2. The minimum atomic E-state index is -0.0124. The van der Waals surface area contributed by atoms with Gasteiger partial charge in [0.1, 0.15) is 68.2 Å². The van der Waals surface area contributed by atoms with Gasteiger partial charge in [0.05, 0.1) is 14.2 Å². The highest BCUT2D eigenvalue weighted by Crippen LogP contribution is 2.52. The van der Waals surface area contributed by atoms with Gasteiger partial charge in [-0.1, -0.05) is 12.2 Å². The zero-order valence-corrected chi connectivity index (χ0v) is 19.4. The topological polar surface area (TPSA) is 140 Å². The Labute approximate surface area is 205 Å². The molecule has 3 aromatic rings. The van der Waals surface area contributed by atoms with Crippen molar-refractivity contribution in [2.45, 2.75) is 0 Å². The van der Waals surface area contributed by atoms with E-state index >= 15 is 0 Å². The number of hydrogen-bond donors (Lipinski definition) is 0. The molecule has 8 nitrogen and oxygen atoms in total. The minimum absolute atomic E-state index is 0.0124. The van der Waals surface area contributed by atoms with Crippen LogP contribution in [0, 0.1) is 45.3 Å². The molecule has 0 amide bonds. The number of nitriles is 4. The first-order chi connectivity index (χ1) is 17.1. The molecule has 3 rings (SSSR count). The highest BCUT2D eigenvalue weighted by atomic mass is 32.1. The van der Waals surface area contributed by atoms with Crippen LogP contribution in [0.1, 0.15) is 11.5 Å². The zero-order chi connectivity index (χ0) is 25.2. The molecular weight excluding hydrogens is 464 g/mol. The van der Waals surface area contributed by atoms with Crippen LogP contribution >= 0.6 is 11.3 Å². The molecule has 35 heavy (non-hydrogen) atoms. The number of hydrogen-bond acceptors (Lipinski definition) is 9. The summed E-state index contributed by atoms with van der Waals surface area (Å²) in [7, 11) is 3.06. The van der Waals surface area contributed by atoms with E-state index in [1.165, 1.54) is 37.7 Å². The van der Waals surface area contributed by atoms with Crippen molar-refractivity contribution in [2.24, 2.45) is 0 Å². The molecule has 0 atom stereocenters. The lowest BCUT2D eigenvalue weighted by Crippen LogP contribution is -1.88. The maximum atomic E-state index is 8.81. The number of rotatable bonds is 8. The third kappa shape index (κ3) is 5.59. The summed E-state index contributed by atoms with van der Waals surface area (Å²) < 4.78 is 23.0. The van der Waals surface area contributed by atoms with Crippen molar-refractivity contribution in [3.05, 3.63) is 71.2 Å². The van der Waals surface area contributed by atoms with Crippen molar-refractivity contribution in [3.63, 3.8) is 0 Å². The van der Waals surface area contributed by atoms with Gasteiger partial charge in [-0.05, 0) is 48.6 Å². The van der Waals surface area contributed by atoms with Gasteiger partial charge in [-0.3, -0.25) is 0 Å². The molecule has 0 aliphatic rings. The Morgan fingerprint density at radius 2 is 1.11 bits per heavy atom. The number of thiophene rings is 1. The van der Waals surface area contributed by atoms with Crippen LogP contribution in [0.25, 0.3) is 33.4 Å². The molecule has 170 valence electrons. The molecule has 0 bridgehead atoms. The van der Waals surface area contributed by atoms with Crippen LogP contribution in [0.4, 0.5) is 0 Å². The lowest BCUT2D eigenvalue weighted by molar-refractivity contribution is 0.358. The Kier molecular flexibility index (Phi) is 8.09. The minimum Gasteiger partial charge on any atom is -0.491 e. The average Bonchev–Trinajstić information content (AvgIpc) is 3.62. The normalized spacial score (nSPS) is 10.2. The summed E-state index contributed by atoms with van der Waals surface area (Å²) in [6, 6.07) is 14.2. The third-order valence-corrected chi connectivity index (χ3v) is 5.64. The molecular formula is C26H16N4O4S. The van der Waals surface area contributed by atoms with Crippen molar-refractivity contribution >= 4 is 23.5 Å². The van der Waals surface area contributed by atoms with E-state index in [1.54, 1.807) is 72.8 Å². The fourth-order valence-corrected chi connectivity index (χ4v) is 4.06. The van der Waals surface area contributed by atoms with E-state index in [4.69, 9.17) is 39.4 Å². The van der Waals surface area contributed by atoms with Gasteiger partial charge in [0.15, 0.2) is 11.5 Å². The van der Waals surface area contributed by atoms with E-state index in [1.807, 2.05) is 0 Å². The van der Waals surface area contributed by atoms with E-state index in [9.17, 15) is 0 Å². The predicted molar refractivity (Wildman–Crippen MR) is 130 cm³/mol. The summed E-state index contributed by atoms with van der Waals surface area (Å²) in [6.07, 6.45) is 9.20. The second-order valence-electron chi connectivity index (χ2n) is 6.56. The first-order valence-electron chi connectivity index (χ1n) is 9.90. The van der Waals surface area contributed by atoms with Crippen molar-refractivity contribution in [3.8, 4) is 57.1 Å².